The molecule has 6 nitrogen and oxygen atoms in total. The van der Waals surface area contributed by atoms with Crippen molar-refractivity contribution in [1.29, 1.82) is 0 Å². The highest BCUT2D eigenvalue weighted by Crippen LogP contribution is 2.30. The van der Waals surface area contributed by atoms with Crippen LogP contribution in [0.4, 0.5) is 10.5 Å². The summed E-state index contributed by atoms with van der Waals surface area (Å²) in [5, 5.41) is 8.62. The fourth-order valence-corrected chi connectivity index (χ4v) is 3.17. The minimum absolute atomic E-state index is 0.0407. The Balaban J connectivity index is 1.48. The topological polar surface area (TPSA) is 79.5 Å². The molecule has 0 fully saturated rings. The van der Waals surface area contributed by atoms with Gasteiger partial charge in [0, 0.05) is 6.54 Å². The number of fused-ring (bicyclic) bond motifs is 1. The van der Waals surface area contributed by atoms with Crippen molar-refractivity contribution in [3.05, 3.63) is 35.4 Å². The van der Waals surface area contributed by atoms with Crippen LogP contribution < -0.4 is 20.7 Å². The summed E-state index contributed by atoms with van der Waals surface area (Å²) in [4.78, 5) is 23.5. The van der Waals surface area contributed by atoms with Crippen LogP contribution in [0, 0.1) is 0 Å². The monoisotopic (exact) mass is 343 g/mol. The molecule has 134 valence electrons. The lowest BCUT2D eigenvalue weighted by Crippen LogP contribution is -2.37. The molecule has 1 aliphatic heterocycles. The summed E-state index contributed by atoms with van der Waals surface area (Å²) < 4.78 is 5.35. The van der Waals surface area contributed by atoms with Gasteiger partial charge in [-0.05, 0) is 56.7 Å². The summed E-state index contributed by atoms with van der Waals surface area (Å²) in [7, 11) is 0. The highest BCUT2D eigenvalue weighted by atomic mass is 16.5. The molecule has 25 heavy (non-hydrogen) atoms. The molecule has 3 amide bonds. The third-order valence-corrected chi connectivity index (χ3v) is 4.60. The zero-order valence-corrected chi connectivity index (χ0v) is 14.6. The molecule has 1 atom stereocenters. The number of hydrogen-bond acceptors (Lipinski definition) is 3. The molecule has 1 heterocycles. The van der Waals surface area contributed by atoms with E-state index in [9.17, 15) is 9.59 Å². The molecule has 0 radical (unpaired) electrons. The minimum Gasteiger partial charge on any atom is -0.482 e. The molecule has 1 aliphatic carbocycles. The summed E-state index contributed by atoms with van der Waals surface area (Å²) >= 11 is 0. The Morgan fingerprint density at radius 3 is 3.04 bits per heavy atom. The van der Waals surface area contributed by atoms with E-state index in [1.54, 1.807) is 0 Å². The van der Waals surface area contributed by atoms with Gasteiger partial charge in [0.1, 0.15) is 5.75 Å². The lowest BCUT2D eigenvalue weighted by molar-refractivity contribution is -0.118. The molecule has 2 aliphatic rings. The number of ether oxygens (including phenoxy) is 1. The minimum atomic E-state index is -0.179. The van der Waals surface area contributed by atoms with Gasteiger partial charge in [-0.15, -0.1) is 0 Å². The number of anilines is 1. The van der Waals surface area contributed by atoms with Gasteiger partial charge in [-0.3, -0.25) is 4.79 Å². The van der Waals surface area contributed by atoms with Crippen molar-refractivity contribution < 1.29 is 14.3 Å². The molecular formula is C19H25N3O3. The normalized spacial score (nSPS) is 17.5. The highest BCUT2D eigenvalue weighted by molar-refractivity contribution is 5.95. The summed E-state index contributed by atoms with van der Waals surface area (Å²) in [6.07, 6.45) is 8.08. The largest absolute Gasteiger partial charge is 0.482 e. The van der Waals surface area contributed by atoms with Gasteiger partial charge in [-0.25, -0.2) is 4.79 Å². The number of allylic oxidation sites excluding steroid dienone is 1. The fourth-order valence-electron chi connectivity index (χ4n) is 3.17. The van der Waals surface area contributed by atoms with Gasteiger partial charge in [0.15, 0.2) is 6.61 Å². The van der Waals surface area contributed by atoms with Crippen LogP contribution in [0.5, 0.6) is 5.75 Å². The van der Waals surface area contributed by atoms with E-state index >= 15 is 0 Å². The quantitative estimate of drug-likeness (QED) is 0.718. The Morgan fingerprint density at radius 2 is 2.24 bits per heavy atom. The van der Waals surface area contributed by atoms with Crippen molar-refractivity contribution in [3.63, 3.8) is 0 Å². The average molecular weight is 343 g/mol. The van der Waals surface area contributed by atoms with Gasteiger partial charge in [0.25, 0.3) is 5.91 Å². The SMILES string of the molecule is C[C@@H](NC(=O)NCCC1=CCCCC1)c1ccc2c(c1)NC(=O)CO2. The maximum Gasteiger partial charge on any atom is 0.315 e. The molecule has 6 heteroatoms. The number of amides is 3. The second-order valence-corrected chi connectivity index (χ2v) is 6.57. The van der Waals surface area contributed by atoms with E-state index in [4.69, 9.17) is 4.74 Å². The summed E-state index contributed by atoms with van der Waals surface area (Å²) in [5.74, 6) is 0.487. The van der Waals surface area contributed by atoms with Crippen molar-refractivity contribution in [3.8, 4) is 5.75 Å². The standard InChI is InChI=1S/C19H25N3O3/c1-13(15-7-8-17-16(11-15)22-18(23)12-25-17)21-19(24)20-10-9-14-5-3-2-4-6-14/h5,7-8,11,13H,2-4,6,9-10,12H2,1H3,(H,22,23)(H2,20,21,24)/t13-/m1/s1. The third kappa shape index (κ3) is 4.75. The van der Waals surface area contributed by atoms with Crippen molar-refractivity contribution in [2.75, 3.05) is 18.5 Å². The number of nitrogens with one attached hydrogen (secondary N) is 3. The highest BCUT2D eigenvalue weighted by Gasteiger charge is 2.18. The van der Waals surface area contributed by atoms with Gasteiger partial charge in [0.05, 0.1) is 11.7 Å². The maximum atomic E-state index is 12.1. The molecule has 0 saturated carbocycles. The number of rotatable bonds is 5. The smallest absolute Gasteiger partial charge is 0.315 e. The third-order valence-electron chi connectivity index (χ3n) is 4.60. The van der Waals surface area contributed by atoms with Crippen LogP contribution in [-0.4, -0.2) is 25.1 Å². The average Bonchev–Trinajstić information content (AvgIpc) is 2.62. The Morgan fingerprint density at radius 1 is 1.36 bits per heavy atom. The Bertz CT molecular complexity index is 684. The van der Waals surface area contributed by atoms with Gasteiger partial charge < -0.3 is 20.7 Å². The molecule has 3 N–H and O–H groups in total. The zero-order valence-electron chi connectivity index (χ0n) is 14.6. The lowest BCUT2D eigenvalue weighted by atomic mass is 9.97. The van der Waals surface area contributed by atoms with Crippen LogP contribution >= 0.6 is 0 Å². The summed E-state index contributed by atoms with van der Waals surface area (Å²) in [6, 6.07) is 5.20. The van der Waals surface area contributed by atoms with Crippen molar-refractivity contribution >= 4 is 17.6 Å². The van der Waals surface area contributed by atoms with Crippen LogP contribution in [-0.2, 0) is 4.79 Å². The van der Waals surface area contributed by atoms with E-state index in [1.807, 2.05) is 25.1 Å². The van der Waals surface area contributed by atoms with Crippen LogP contribution in [0.1, 0.15) is 50.6 Å². The van der Waals surface area contributed by atoms with Crippen LogP contribution in [0.2, 0.25) is 0 Å². The van der Waals surface area contributed by atoms with Gasteiger partial charge in [0.2, 0.25) is 0 Å². The Kier molecular flexibility index (Phi) is 5.58. The van der Waals surface area contributed by atoms with E-state index in [0.29, 0.717) is 18.0 Å². The number of carbonyl (C=O) groups excluding carboxylic acids is 2. The van der Waals surface area contributed by atoms with E-state index in [0.717, 1.165) is 24.8 Å². The van der Waals surface area contributed by atoms with Gasteiger partial charge >= 0.3 is 6.03 Å². The van der Waals surface area contributed by atoms with Crippen LogP contribution in [0.3, 0.4) is 0 Å². The van der Waals surface area contributed by atoms with E-state index in [2.05, 4.69) is 22.0 Å². The molecule has 0 saturated heterocycles. The zero-order chi connectivity index (χ0) is 17.6. The summed E-state index contributed by atoms with van der Waals surface area (Å²) in [5.41, 5.74) is 3.01. The first-order chi connectivity index (χ1) is 12.1. The molecule has 0 spiro atoms. The lowest BCUT2D eigenvalue weighted by Gasteiger charge is -2.21. The fraction of sp³-hybridized carbons (Fsp3) is 0.474. The number of hydrogen-bond donors (Lipinski definition) is 3. The molecule has 1 aromatic rings. The van der Waals surface area contributed by atoms with E-state index in [-0.39, 0.29) is 24.6 Å². The molecular weight excluding hydrogens is 318 g/mol. The first-order valence-corrected chi connectivity index (χ1v) is 8.90. The summed E-state index contributed by atoms with van der Waals surface area (Å²) in [6.45, 7) is 2.61. The first kappa shape index (κ1) is 17.3. The Labute approximate surface area is 148 Å². The van der Waals surface area contributed by atoms with Gasteiger partial charge in [-0.2, -0.15) is 0 Å². The first-order valence-electron chi connectivity index (χ1n) is 8.90. The predicted octanol–water partition coefficient (Wildman–Crippen LogP) is 3.27. The number of carbonyl (C=O) groups is 2. The molecule has 0 bridgehead atoms. The van der Waals surface area contributed by atoms with Gasteiger partial charge in [-0.1, -0.05) is 17.7 Å². The predicted molar refractivity (Wildman–Crippen MR) is 96.7 cm³/mol. The molecule has 0 aromatic heterocycles. The second kappa shape index (κ2) is 8.05. The molecule has 3 rings (SSSR count). The van der Waals surface area contributed by atoms with Crippen molar-refractivity contribution in [2.24, 2.45) is 0 Å². The molecule has 0 unspecified atom stereocenters. The van der Waals surface area contributed by atoms with Crippen LogP contribution in [0.25, 0.3) is 0 Å². The van der Waals surface area contributed by atoms with Crippen LogP contribution in [0.15, 0.2) is 29.8 Å². The molecule has 1 aromatic carbocycles. The maximum absolute atomic E-state index is 12.1. The Hall–Kier alpha value is -2.50. The number of urea groups is 1. The van der Waals surface area contributed by atoms with E-state index in [1.165, 1.54) is 18.4 Å². The van der Waals surface area contributed by atoms with Crippen molar-refractivity contribution in [2.45, 2.75) is 45.1 Å². The number of benzene rings is 1. The van der Waals surface area contributed by atoms with Crippen molar-refractivity contribution in [1.82, 2.24) is 10.6 Å². The van der Waals surface area contributed by atoms with E-state index < -0.39 is 0 Å². The second-order valence-electron chi connectivity index (χ2n) is 6.57.